The fourth-order valence-corrected chi connectivity index (χ4v) is 2.05. The molecule has 0 bridgehead atoms. The zero-order chi connectivity index (χ0) is 15.0. The third-order valence-corrected chi connectivity index (χ3v) is 3.27. The van der Waals surface area contributed by atoms with Gasteiger partial charge in [-0.25, -0.2) is 0 Å². The van der Waals surface area contributed by atoms with E-state index in [-0.39, 0.29) is 18.0 Å². The fraction of sp³-hybridized carbons (Fsp3) is 0.600. The molecule has 3 N–H and O–H groups in total. The number of aromatic nitrogens is 1. The van der Waals surface area contributed by atoms with Crippen LogP contribution < -0.4 is 11.1 Å². The van der Waals surface area contributed by atoms with Crippen molar-refractivity contribution >= 4 is 5.91 Å². The smallest absolute Gasteiger partial charge is 0.221 e. The summed E-state index contributed by atoms with van der Waals surface area (Å²) in [5.41, 5.74) is 7.03. The lowest BCUT2D eigenvalue weighted by Crippen LogP contribution is -2.43. The standard InChI is InChI=1S/C15H26N4O/c1-12(2)18-15(20)10-14(11-16)19(3)9-6-13-4-7-17-8-5-13/h4-5,7-8,12,14H,6,9-11,16H2,1-3H3,(H,18,20). The van der Waals surface area contributed by atoms with E-state index in [1.165, 1.54) is 5.56 Å². The topological polar surface area (TPSA) is 71.2 Å². The van der Waals surface area contributed by atoms with Gasteiger partial charge in [-0.1, -0.05) is 0 Å². The predicted octanol–water partition coefficient (Wildman–Crippen LogP) is 0.798. The van der Waals surface area contributed by atoms with Crippen LogP contribution in [-0.4, -0.2) is 48.0 Å². The molecule has 0 aromatic carbocycles. The van der Waals surface area contributed by atoms with Crippen LogP contribution in [0.5, 0.6) is 0 Å². The number of pyridine rings is 1. The van der Waals surface area contributed by atoms with Gasteiger partial charge in [-0.15, -0.1) is 0 Å². The van der Waals surface area contributed by atoms with Crippen molar-refractivity contribution in [3.05, 3.63) is 30.1 Å². The highest BCUT2D eigenvalue weighted by Crippen LogP contribution is 2.05. The van der Waals surface area contributed by atoms with Gasteiger partial charge in [0.2, 0.25) is 5.91 Å². The average molecular weight is 278 g/mol. The quantitative estimate of drug-likeness (QED) is 0.738. The van der Waals surface area contributed by atoms with Crippen LogP contribution in [0.25, 0.3) is 0 Å². The highest BCUT2D eigenvalue weighted by Gasteiger charge is 2.17. The van der Waals surface area contributed by atoms with Crippen LogP contribution in [0.15, 0.2) is 24.5 Å². The number of amides is 1. The third-order valence-electron chi connectivity index (χ3n) is 3.27. The van der Waals surface area contributed by atoms with Crippen LogP contribution in [-0.2, 0) is 11.2 Å². The largest absolute Gasteiger partial charge is 0.354 e. The zero-order valence-corrected chi connectivity index (χ0v) is 12.7. The molecule has 0 radical (unpaired) electrons. The van der Waals surface area contributed by atoms with Gasteiger partial charge in [0.1, 0.15) is 0 Å². The van der Waals surface area contributed by atoms with E-state index in [2.05, 4.69) is 15.2 Å². The van der Waals surface area contributed by atoms with E-state index in [1.54, 1.807) is 12.4 Å². The Hall–Kier alpha value is -1.46. The van der Waals surface area contributed by atoms with E-state index >= 15 is 0 Å². The first-order valence-electron chi connectivity index (χ1n) is 7.11. The molecule has 1 unspecified atom stereocenters. The molecule has 0 saturated carbocycles. The number of nitrogens with zero attached hydrogens (tertiary/aromatic N) is 2. The van der Waals surface area contributed by atoms with Gasteiger partial charge < -0.3 is 16.0 Å². The van der Waals surface area contributed by atoms with Gasteiger partial charge in [-0.3, -0.25) is 9.78 Å². The third kappa shape index (κ3) is 6.12. The summed E-state index contributed by atoms with van der Waals surface area (Å²) < 4.78 is 0. The number of rotatable bonds is 8. The number of nitrogens with one attached hydrogen (secondary N) is 1. The lowest BCUT2D eigenvalue weighted by molar-refractivity contribution is -0.122. The van der Waals surface area contributed by atoms with Crippen LogP contribution in [0.4, 0.5) is 0 Å². The molecule has 5 heteroatoms. The molecule has 1 atom stereocenters. The van der Waals surface area contributed by atoms with Gasteiger partial charge in [0.05, 0.1) is 0 Å². The van der Waals surface area contributed by atoms with Crippen molar-refractivity contribution in [3.63, 3.8) is 0 Å². The predicted molar refractivity (Wildman–Crippen MR) is 81.3 cm³/mol. The first-order chi connectivity index (χ1) is 9.52. The van der Waals surface area contributed by atoms with Crippen molar-refractivity contribution in [2.45, 2.75) is 38.8 Å². The maximum Gasteiger partial charge on any atom is 0.221 e. The van der Waals surface area contributed by atoms with E-state index in [1.807, 2.05) is 33.0 Å². The molecule has 0 spiro atoms. The van der Waals surface area contributed by atoms with Crippen molar-refractivity contribution in [2.75, 3.05) is 20.1 Å². The molecule has 0 saturated heterocycles. The number of nitrogens with two attached hydrogens (primary N) is 1. The van der Waals surface area contributed by atoms with Crippen molar-refractivity contribution < 1.29 is 4.79 Å². The Morgan fingerprint density at radius 1 is 1.40 bits per heavy atom. The average Bonchev–Trinajstić information content (AvgIpc) is 2.42. The molecule has 1 aromatic heterocycles. The van der Waals surface area contributed by atoms with Crippen LogP contribution in [0, 0.1) is 0 Å². The summed E-state index contributed by atoms with van der Waals surface area (Å²) in [6, 6.07) is 4.27. The summed E-state index contributed by atoms with van der Waals surface area (Å²) in [6.07, 6.45) is 4.97. The molecular formula is C15H26N4O. The number of carbonyl (C=O) groups is 1. The van der Waals surface area contributed by atoms with E-state index in [4.69, 9.17) is 5.73 Å². The molecular weight excluding hydrogens is 252 g/mol. The van der Waals surface area contributed by atoms with E-state index in [9.17, 15) is 4.79 Å². The molecule has 1 rings (SSSR count). The minimum atomic E-state index is 0.0613. The van der Waals surface area contributed by atoms with Gasteiger partial charge in [0.25, 0.3) is 0 Å². The molecule has 112 valence electrons. The number of carbonyl (C=O) groups excluding carboxylic acids is 1. The summed E-state index contributed by atoms with van der Waals surface area (Å²) in [6.45, 7) is 5.28. The van der Waals surface area contributed by atoms with Crippen molar-refractivity contribution in [3.8, 4) is 0 Å². The van der Waals surface area contributed by atoms with Crippen LogP contribution in [0.3, 0.4) is 0 Å². The molecule has 1 heterocycles. The Bertz CT molecular complexity index is 394. The van der Waals surface area contributed by atoms with E-state index in [0.29, 0.717) is 13.0 Å². The lowest BCUT2D eigenvalue weighted by Gasteiger charge is -2.26. The Morgan fingerprint density at radius 2 is 2.05 bits per heavy atom. The first-order valence-corrected chi connectivity index (χ1v) is 7.11. The summed E-state index contributed by atoms with van der Waals surface area (Å²) in [5.74, 6) is 0.0613. The number of hydrogen-bond acceptors (Lipinski definition) is 4. The second kappa shape index (κ2) is 8.66. The summed E-state index contributed by atoms with van der Waals surface area (Å²) in [7, 11) is 2.02. The minimum Gasteiger partial charge on any atom is -0.354 e. The summed E-state index contributed by atoms with van der Waals surface area (Å²) in [4.78, 5) is 18.0. The Morgan fingerprint density at radius 3 is 2.60 bits per heavy atom. The first kappa shape index (κ1) is 16.6. The van der Waals surface area contributed by atoms with Gasteiger partial charge in [0.15, 0.2) is 0 Å². The summed E-state index contributed by atoms with van der Waals surface area (Å²) in [5, 5.41) is 2.91. The molecule has 1 amide bonds. The van der Waals surface area contributed by atoms with Gasteiger partial charge in [0, 0.05) is 44.0 Å². The number of hydrogen-bond donors (Lipinski definition) is 2. The zero-order valence-electron chi connectivity index (χ0n) is 12.7. The monoisotopic (exact) mass is 278 g/mol. The van der Waals surface area contributed by atoms with E-state index < -0.39 is 0 Å². The van der Waals surface area contributed by atoms with Crippen LogP contribution in [0.2, 0.25) is 0 Å². The Kier molecular flexibility index (Phi) is 7.18. The SMILES string of the molecule is CC(C)NC(=O)CC(CN)N(C)CCc1ccncc1. The molecule has 0 aliphatic carbocycles. The Balaban J connectivity index is 2.42. The van der Waals surface area contributed by atoms with Crippen LogP contribution >= 0.6 is 0 Å². The Labute approximate surface area is 121 Å². The van der Waals surface area contributed by atoms with Crippen molar-refractivity contribution in [2.24, 2.45) is 5.73 Å². The number of likely N-dealkylation sites (N-methyl/N-ethyl adjacent to an activating group) is 1. The molecule has 0 aliphatic rings. The van der Waals surface area contributed by atoms with Crippen LogP contribution in [0.1, 0.15) is 25.8 Å². The fourth-order valence-electron chi connectivity index (χ4n) is 2.05. The van der Waals surface area contributed by atoms with Gasteiger partial charge >= 0.3 is 0 Å². The highest BCUT2D eigenvalue weighted by molar-refractivity contribution is 5.76. The normalized spacial score (nSPS) is 12.7. The molecule has 0 fully saturated rings. The van der Waals surface area contributed by atoms with Gasteiger partial charge in [-0.2, -0.15) is 0 Å². The second-order valence-corrected chi connectivity index (χ2v) is 5.40. The van der Waals surface area contributed by atoms with Crippen molar-refractivity contribution in [1.29, 1.82) is 0 Å². The maximum absolute atomic E-state index is 11.8. The summed E-state index contributed by atoms with van der Waals surface area (Å²) >= 11 is 0. The minimum absolute atomic E-state index is 0.0613. The molecule has 20 heavy (non-hydrogen) atoms. The molecule has 5 nitrogen and oxygen atoms in total. The van der Waals surface area contributed by atoms with Crippen molar-refractivity contribution in [1.82, 2.24) is 15.2 Å². The molecule has 1 aromatic rings. The second-order valence-electron chi connectivity index (χ2n) is 5.40. The molecule has 0 aliphatic heterocycles. The maximum atomic E-state index is 11.8. The van der Waals surface area contributed by atoms with Gasteiger partial charge in [-0.05, 0) is 45.0 Å². The van der Waals surface area contributed by atoms with E-state index in [0.717, 1.165) is 13.0 Å². The lowest BCUT2D eigenvalue weighted by atomic mass is 10.1. The highest BCUT2D eigenvalue weighted by atomic mass is 16.1.